The van der Waals surface area contributed by atoms with Crippen molar-refractivity contribution in [2.45, 2.75) is 33.4 Å². The van der Waals surface area contributed by atoms with Crippen LogP contribution in [0.5, 0.6) is 11.5 Å². The summed E-state index contributed by atoms with van der Waals surface area (Å²) in [6.45, 7) is 6.34. The highest BCUT2D eigenvalue weighted by Gasteiger charge is 2.14. The maximum absolute atomic E-state index is 13.2. The van der Waals surface area contributed by atoms with Crippen LogP contribution in [-0.2, 0) is 13.1 Å². The highest BCUT2D eigenvalue weighted by molar-refractivity contribution is 5.91. The van der Waals surface area contributed by atoms with Crippen LogP contribution in [0.25, 0.3) is 21.8 Å². The Morgan fingerprint density at radius 1 is 0.875 bits per heavy atom. The Kier molecular flexibility index (Phi) is 5.17. The van der Waals surface area contributed by atoms with Crippen molar-refractivity contribution in [3.63, 3.8) is 0 Å². The second-order valence-corrected chi connectivity index (χ2v) is 8.58. The first kappa shape index (κ1) is 20.3. The van der Waals surface area contributed by atoms with E-state index < -0.39 is 0 Å². The van der Waals surface area contributed by atoms with Gasteiger partial charge in [0.05, 0.1) is 28.4 Å². The topological polar surface area (TPSA) is 75.3 Å². The van der Waals surface area contributed by atoms with Crippen LogP contribution in [-0.4, -0.2) is 27.3 Å². The molecule has 1 aliphatic heterocycles. The van der Waals surface area contributed by atoms with Gasteiger partial charge in [-0.3, -0.25) is 9.59 Å². The minimum absolute atomic E-state index is 0.112. The Hall–Kier alpha value is -3.61. The average Bonchev–Trinajstić information content (AvgIpc) is 2.80. The molecule has 0 amide bonds. The lowest BCUT2D eigenvalue weighted by molar-refractivity contribution is 0.171. The van der Waals surface area contributed by atoms with Gasteiger partial charge >= 0.3 is 0 Å². The van der Waals surface area contributed by atoms with Crippen molar-refractivity contribution >= 4 is 21.8 Å². The molecule has 1 aromatic carbocycles. The van der Waals surface area contributed by atoms with E-state index in [9.17, 15) is 9.59 Å². The molecule has 0 saturated carbocycles. The average molecular weight is 431 g/mol. The Balaban J connectivity index is 1.54. The summed E-state index contributed by atoms with van der Waals surface area (Å²) in [5.41, 5.74) is 1.83. The highest BCUT2D eigenvalue weighted by Crippen LogP contribution is 2.31. The van der Waals surface area contributed by atoms with Gasteiger partial charge in [0, 0.05) is 18.9 Å². The molecule has 0 bridgehead atoms. The Bertz CT molecular complexity index is 1440. The van der Waals surface area contributed by atoms with Crippen molar-refractivity contribution in [3.05, 3.63) is 75.1 Å². The molecule has 4 heterocycles. The Labute approximate surface area is 184 Å². The largest absolute Gasteiger partial charge is 0.486 e. The molecule has 0 spiro atoms. The number of hydrogen-bond acceptors (Lipinski definition) is 5. The van der Waals surface area contributed by atoms with E-state index >= 15 is 0 Å². The van der Waals surface area contributed by atoms with Gasteiger partial charge in [-0.1, -0.05) is 19.9 Å². The molecular weight excluding hydrogens is 406 g/mol. The van der Waals surface area contributed by atoms with Gasteiger partial charge in [0.25, 0.3) is 11.1 Å². The number of aryl methyl sites for hydroxylation is 1. The first-order valence-corrected chi connectivity index (χ1v) is 10.9. The van der Waals surface area contributed by atoms with Crippen molar-refractivity contribution in [2.24, 2.45) is 5.92 Å². The van der Waals surface area contributed by atoms with Gasteiger partial charge in [-0.05, 0) is 48.2 Å². The van der Waals surface area contributed by atoms with Gasteiger partial charge in [-0.25, -0.2) is 4.98 Å². The molecule has 0 radical (unpaired) electrons. The van der Waals surface area contributed by atoms with Gasteiger partial charge in [-0.2, -0.15) is 0 Å². The third kappa shape index (κ3) is 3.75. The predicted molar refractivity (Wildman–Crippen MR) is 124 cm³/mol. The standard InChI is InChI=1S/C25H25N3O4/c1-16(2)5-8-27-9-6-20-18(24(27)29)14-19-21(26-20)7-10-28(25(19)30)15-17-3-4-22-23(13-17)32-12-11-31-22/h3-4,6-7,9-10,13-14,16H,5,8,11-12,15H2,1-2H3. The molecule has 7 heteroatoms. The fourth-order valence-corrected chi connectivity index (χ4v) is 3.99. The zero-order valence-electron chi connectivity index (χ0n) is 18.2. The summed E-state index contributed by atoms with van der Waals surface area (Å²) >= 11 is 0. The van der Waals surface area contributed by atoms with Crippen LogP contribution in [0.2, 0.25) is 0 Å². The molecule has 0 aliphatic carbocycles. The number of nitrogens with zero attached hydrogens (tertiary/aromatic N) is 3. The number of rotatable bonds is 5. The van der Waals surface area contributed by atoms with Gasteiger partial charge < -0.3 is 18.6 Å². The summed E-state index contributed by atoms with van der Waals surface area (Å²) in [6.07, 6.45) is 4.44. The lowest BCUT2D eigenvalue weighted by Crippen LogP contribution is -2.23. The Morgan fingerprint density at radius 3 is 2.25 bits per heavy atom. The molecule has 0 atom stereocenters. The normalized spacial score (nSPS) is 13.2. The zero-order valence-corrected chi connectivity index (χ0v) is 18.2. The number of benzene rings is 1. The van der Waals surface area contributed by atoms with E-state index in [1.165, 1.54) is 0 Å². The van der Waals surface area contributed by atoms with E-state index in [0.717, 1.165) is 17.7 Å². The monoisotopic (exact) mass is 431 g/mol. The fraction of sp³-hybridized carbons (Fsp3) is 0.320. The molecule has 32 heavy (non-hydrogen) atoms. The van der Waals surface area contributed by atoms with E-state index in [1.807, 2.05) is 30.3 Å². The first-order valence-electron chi connectivity index (χ1n) is 10.9. The molecule has 0 unspecified atom stereocenters. The quantitative estimate of drug-likeness (QED) is 0.452. The number of aromatic nitrogens is 3. The second kappa shape index (κ2) is 8.15. The molecule has 7 nitrogen and oxygen atoms in total. The van der Waals surface area contributed by atoms with E-state index in [-0.39, 0.29) is 11.1 Å². The van der Waals surface area contributed by atoms with Crippen molar-refractivity contribution in [3.8, 4) is 11.5 Å². The molecule has 0 saturated heterocycles. The molecule has 1 aliphatic rings. The third-order valence-corrected chi connectivity index (χ3v) is 5.80. The molecular formula is C25H25N3O4. The van der Waals surface area contributed by atoms with Crippen LogP contribution in [0.15, 0.2) is 58.4 Å². The maximum Gasteiger partial charge on any atom is 0.260 e. The van der Waals surface area contributed by atoms with E-state index in [0.29, 0.717) is 59.8 Å². The van der Waals surface area contributed by atoms with E-state index in [4.69, 9.17) is 9.47 Å². The number of fused-ring (bicyclic) bond motifs is 3. The second-order valence-electron chi connectivity index (χ2n) is 8.58. The van der Waals surface area contributed by atoms with Crippen molar-refractivity contribution < 1.29 is 9.47 Å². The fourth-order valence-electron chi connectivity index (χ4n) is 3.99. The van der Waals surface area contributed by atoms with Crippen LogP contribution in [0.1, 0.15) is 25.8 Å². The van der Waals surface area contributed by atoms with Gasteiger partial charge in [-0.15, -0.1) is 0 Å². The minimum atomic E-state index is -0.177. The SMILES string of the molecule is CC(C)CCn1ccc2nc3ccn(Cc4ccc5c(c4)OCCO5)c(=O)c3cc2c1=O. The molecule has 0 N–H and O–H groups in total. The molecule has 3 aromatic heterocycles. The smallest absolute Gasteiger partial charge is 0.260 e. The first-order chi connectivity index (χ1) is 15.5. The highest BCUT2D eigenvalue weighted by atomic mass is 16.6. The summed E-state index contributed by atoms with van der Waals surface area (Å²) in [5, 5.41) is 0.911. The third-order valence-electron chi connectivity index (χ3n) is 5.80. The van der Waals surface area contributed by atoms with Gasteiger partial charge in [0.1, 0.15) is 13.2 Å². The summed E-state index contributed by atoms with van der Waals surface area (Å²) in [4.78, 5) is 30.8. The molecule has 0 fully saturated rings. The zero-order chi connectivity index (χ0) is 22.2. The van der Waals surface area contributed by atoms with Crippen LogP contribution >= 0.6 is 0 Å². The summed E-state index contributed by atoms with van der Waals surface area (Å²) in [5.74, 6) is 1.91. The van der Waals surface area contributed by atoms with Crippen molar-refractivity contribution in [2.75, 3.05) is 13.2 Å². The van der Waals surface area contributed by atoms with Crippen LogP contribution < -0.4 is 20.6 Å². The Morgan fingerprint density at radius 2 is 1.53 bits per heavy atom. The summed E-state index contributed by atoms with van der Waals surface area (Å²) < 4.78 is 14.5. The molecule has 5 rings (SSSR count). The molecule has 164 valence electrons. The summed E-state index contributed by atoms with van der Waals surface area (Å²) in [6, 6.07) is 11.0. The van der Waals surface area contributed by atoms with Crippen molar-refractivity contribution in [1.29, 1.82) is 0 Å². The van der Waals surface area contributed by atoms with Crippen molar-refractivity contribution in [1.82, 2.24) is 14.1 Å². The lowest BCUT2D eigenvalue weighted by atomic mass is 10.1. The summed E-state index contributed by atoms with van der Waals surface area (Å²) in [7, 11) is 0. The van der Waals surface area contributed by atoms with E-state index in [2.05, 4.69) is 18.8 Å². The molecule has 4 aromatic rings. The van der Waals surface area contributed by atoms with E-state index in [1.54, 1.807) is 27.6 Å². The van der Waals surface area contributed by atoms with Gasteiger partial charge in [0.2, 0.25) is 0 Å². The van der Waals surface area contributed by atoms with Gasteiger partial charge in [0.15, 0.2) is 11.5 Å². The number of hydrogen-bond donors (Lipinski definition) is 0. The number of pyridine rings is 3. The maximum atomic E-state index is 13.2. The minimum Gasteiger partial charge on any atom is -0.486 e. The predicted octanol–water partition coefficient (Wildman–Crippen LogP) is 3.58. The van der Waals surface area contributed by atoms with Crippen LogP contribution in [0.3, 0.4) is 0 Å². The van der Waals surface area contributed by atoms with Crippen LogP contribution in [0.4, 0.5) is 0 Å². The number of ether oxygens (including phenoxy) is 2. The lowest BCUT2D eigenvalue weighted by Gasteiger charge is -2.19. The van der Waals surface area contributed by atoms with Crippen LogP contribution in [0, 0.1) is 5.92 Å².